The standard InChI is InChI=1S/C21H30FN3O2/c1-3-16-10-18-15(8-14(9-19(18)22)21(26)23-27)11-25(16)12-20-13-4-6-17(7-5-13)24(20)2/h8-9,13,16-17,20,27H,3-7,10-12H2,1-2H3,(H,23,26)/t13?,16-,17?,20-/m0/s1. The first-order valence-electron chi connectivity index (χ1n) is 10.2. The number of amides is 1. The number of rotatable bonds is 4. The minimum atomic E-state index is -0.662. The van der Waals surface area contributed by atoms with Gasteiger partial charge in [0.05, 0.1) is 0 Å². The number of hydroxylamine groups is 1. The molecule has 0 unspecified atom stereocenters. The van der Waals surface area contributed by atoms with Gasteiger partial charge < -0.3 is 0 Å². The average molecular weight is 375 g/mol. The normalized spacial score (nSPS) is 31.0. The second-order valence-electron chi connectivity index (χ2n) is 8.53. The molecule has 0 radical (unpaired) electrons. The van der Waals surface area contributed by atoms with Crippen LogP contribution in [0.1, 0.15) is 60.5 Å². The highest BCUT2D eigenvalue weighted by atomic mass is 19.1. The Labute approximate surface area is 160 Å². The van der Waals surface area contributed by atoms with Crippen LogP contribution in [-0.4, -0.2) is 52.6 Å². The van der Waals surface area contributed by atoms with Crippen molar-refractivity contribution >= 4 is 5.91 Å². The van der Waals surface area contributed by atoms with Crippen LogP contribution in [0.5, 0.6) is 0 Å². The van der Waals surface area contributed by atoms with E-state index in [2.05, 4.69) is 23.8 Å². The first kappa shape index (κ1) is 18.8. The lowest BCUT2D eigenvalue weighted by Crippen LogP contribution is -2.58. The summed E-state index contributed by atoms with van der Waals surface area (Å²) in [4.78, 5) is 16.8. The first-order valence-corrected chi connectivity index (χ1v) is 10.2. The Balaban J connectivity index is 1.58. The smallest absolute Gasteiger partial charge is 0.274 e. The molecule has 2 atom stereocenters. The van der Waals surface area contributed by atoms with E-state index in [1.807, 2.05) is 0 Å². The van der Waals surface area contributed by atoms with Gasteiger partial charge in [-0.1, -0.05) is 6.92 Å². The number of carbonyl (C=O) groups is 1. The maximum atomic E-state index is 14.6. The highest BCUT2D eigenvalue weighted by Crippen LogP contribution is 2.40. The Bertz CT molecular complexity index is 716. The third-order valence-corrected chi connectivity index (χ3v) is 7.26. The van der Waals surface area contributed by atoms with E-state index in [-0.39, 0.29) is 11.4 Å². The Morgan fingerprint density at radius 1 is 1.30 bits per heavy atom. The van der Waals surface area contributed by atoms with E-state index < -0.39 is 5.91 Å². The van der Waals surface area contributed by atoms with E-state index in [1.165, 1.54) is 31.7 Å². The van der Waals surface area contributed by atoms with Crippen molar-refractivity contribution in [2.45, 2.75) is 70.1 Å². The molecule has 0 aromatic heterocycles. The van der Waals surface area contributed by atoms with Gasteiger partial charge in [0.1, 0.15) is 5.82 Å². The number of carbonyl (C=O) groups excluding carboxylic acids is 1. The van der Waals surface area contributed by atoms with Crippen molar-refractivity contribution in [2.75, 3.05) is 13.6 Å². The lowest BCUT2D eigenvalue weighted by Gasteiger charge is -2.52. The number of halogens is 1. The molecule has 3 heterocycles. The minimum Gasteiger partial charge on any atom is -0.299 e. The van der Waals surface area contributed by atoms with Crippen molar-refractivity contribution in [1.29, 1.82) is 0 Å². The molecule has 1 aromatic carbocycles. The summed E-state index contributed by atoms with van der Waals surface area (Å²) in [7, 11) is 2.27. The highest BCUT2D eigenvalue weighted by molar-refractivity contribution is 5.93. The molecular formula is C21H30FN3O2. The molecule has 1 aliphatic carbocycles. The third-order valence-electron chi connectivity index (χ3n) is 7.26. The lowest BCUT2D eigenvalue weighted by molar-refractivity contribution is -0.0197. The van der Waals surface area contributed by atoms with Crippen molar-refractivity contribution < 1.29 is 14.4 Å². The van der Waals surface area contributed by atoms with Gasteiger partial charge in [0, 0.05) is 36.8 Å². The van der Waals surface area contributed by atoms with Crippen molar-refractivity contribution in [3.05, 3.63) is 34.6 Å². The second kappa shape index (κ2) is 7.49. The van der Waals surface area contributed by atoms with Crippen molar-refractivity contribution in [2.24, 2.45) is 5.92 Å². The molecule has 2 bridgehead atoms. The number of benzene rings is 1. The van der Waals surface area contributed by atoms with Crippen molar-refractivity contribution in [3.63, 3.8) is 0 Å². The summed E-state index contributed by atoms with van der Waals surface area (Å²) in [6, 6.07) is 4.59. The molecule has 1 amide bonds. The monoisotopic (exact) mass is 375 g/mol. The number of nitrogens with one attached hydrogen (secondary N) is 1. The molecule has 5 rings (SSSR count). The minimum absolute atomic E-state index is 0.178. The van der Waals surface area contributed by atoms with E-state index in [0.717, 1.165) is 36.1 Å². The summed E-state index contributed by atoms with van der Waals surface area (Å²) in [5.41, 5.74) is 3.39. The van der Waals surface area contributed by atoms with E-state index in [9.17, 15) is 9.18 Å². The van der Waals surface area contributed by atoms with Crippen LogP contribution in [0.25, 0.3) is 0 Å². The maximum Gasteiger partial charge on any atom is 0.274 e. The number of hydrogen-bond donors (Lipinski definition) is 2. The van der Waals surface area contributed by atoms with Gasteiger partial charge >= 0.3 is 0 Å². The Hall–Kier alpha value is -1.50. The zero-order chi connectivity index (χ0) is 19.1. The van der Waals surface area contributed by atoms with Crippen LogP contribution in [0.3, 0.4) is 0 Å². The van der Waals surface area contributed by atoms with Gasteiger partial charge in [-0.15, -0.1) is 0 Å². The van der Waals surface area contributed by atoms with Crippen LogP contribution in [0.4, 0.5) is 4.39 Å². The Kier molecular flexibility index (Phi) is 5.23. The van der Waals surface area contributed by atoms with E-state index in [0.29, 0.717) is 25.0 Å². The first-order chi connectivity index (χ1) is 13.0. The van der Waals surface area contributed by atoms with Crippen molar-refractivity contribution in [3.8, 4) is 0 Å². The fraction of sp³-hybridized carbons (Fsp3) is 0.667. The van der Waals surface area contributed by atoms with Gasteiger partial charge in [0.15, 0.2) is 0 Å². The summed E-state index contributed by atoms with van der Waals surface area (Å²) in [6.45, 7) is 3.84. The van der Waals surface area contributed by atoms with Gasteiger partial charge in [0.2, 0.25) is 0 Å². The van der Waals surface area contributed by atoms with Gasteiger partial charge in [-0.2, -0.15) is 0 Å². The summed E-state index contributed by atoms with van der Waals surface area (Å²) in [5.74, 6) is -0.231. The van der Waals surface area contributed by atoms with Gasteiger partial charge in [-0.3, -0.25) is 19.8 Å². The fourth-order valence-electron chi connectivity index (χ4n) is 5.60. The number of nitrogens with zero attached hydrogens (tertiary/aromatic N) is 2. The SMILES string of the molecule is CC[C@H]1Cc2c(F)cc(C(=O)NO)cc2CN1C[C@H]1C2CCC(CC2)N1C. The third kappa shape index (κ3) is 3.39. The molecule has 1 saturated carbocycles. The average Bonchev–Trinajstić information content (AvgIpc) is 2.69. The van der Waals surface area contributed by atoms with E-state index >= 15 is 0 Å². The van der Waals surface area contributed by atoms with Crippen LogP contribution in [0, 0.1) is 11.7 Å². The van der Waals surface area contributed by atoms with Gasteiger partial charge in [-0.05, 0) is 74.8 Å². The van der Waals surface area contributed by atoms with Crippen molar-refractivity contribution in [1.82, 2.24) is 15.3 Å². The summed E-state index contributed by atoms with van der Waals surface area (Å²) in [6.07, 6.45) is 6.98. The van der Waals surface area contributed by atoms with Crippen LogP contribution in [0.15, 0.2) is 12.1 Å². The maximum absolute atomic E-state index is 14.6. The number of likely N-dealkylation sites (N-methyl/N-ethyl adjacent to an activating group) is 1. The molecule has 148 valence electrons. The summed E-state index contributed by atoms with van der Waals surface area (Å²) < 4.78 is 14.6. The van der Waals surface area contributed by atoms with E-state index in [1.54, 1.807) is 11.5 Å². The molecule has 4 aliphatic rings. The molecule has 2 saturated heterocycles. The van der Waals surface area contributed by atoms with Crippen LogP contribution < -0.4 is 5.48 Å². The predicted octanol–water partition coefficient (Wildman–Crippen LogP) is 2.95. The Morgan fingerprint density at radius 3 is 2.67 bits per heavy atom. The zero-order valence-electron chi connectivity index (χ0n) is 16.2. The summed E-state index contributed by atoms with van der Waals surface area (Å²) >= 11 is 0. The second-order valence-corrected chi connectivity index (χ2v) is 8.53. The zero-order valence-corrected chi connectivity index (χ0v) is 16.2. The molecule has 1 aromatic rings. The van der Waals surface area contributed by atoms with E-state index in [4.69, 9.17) is 5.21 Å². The quantitative estimate of drug-likeness (QED) is 0.628. The molecule has 0 spiro atoms. The fourth-order valence-corrected chi connectivity index (χ4v) is 5.60. The highest BCUT2D eigenvalue weighted by Gasteiger charge is 2.41. The molecule has 2 N–H and O–H groups in total. The summed E-state index contributed by atoms with van der Waals surface area (Å²) in [5, 5.41) is 8.88. The topological polar surface area (TPSA) is 55.8 Å². The number of hydrogen-bond acceptors (Lipinski definition) is 4. The molecule has 5 nitrogen and oxygen atoms in total. The molecule has 3 aliphatic heterocycles. The number of fused-ring (bicyclic) bond motifs is 4. The largest absolute Gasteiger partial charge is 0.299 e. The van der Waals surface area contributed by atoms with Gasteiger partial charge in [-0.25, -0.2) is 9.87 Å². The van der Waals surface area contributed by atoms with Gasteiger partial charge in [0.25, 0.3) is 5.91 Å². The Morgan fingerprint density at radius 2 is 2.04 bits per heavy atom. The molecule has 27 heavy (non-hydrogen) atoms. The molecule has 6 heteroatoms. The lowest BCUT2D eigenvalue weighted by atomic mass is 9.74. The van der Waals surface area contributed by atoms with Crippen LogP contribution in [0.2, 0.25) is 0 Å². The molecular weight excluding hydrogens is 345 g/mol. The van der Waals surface area contributed by atoms with Crippen LogP contribution in [-0.2, 0) is 13.0 Å². The predicted molar refractivity (Wildman–Crippen MR) is 101 cm³/mol. The number of piperidine rings is 2. The van der Waals surface area contributed by atoms with Crippen LogP contribution >= 0.6 is 0 Å². The molecule has 3 fully saturated rings.